The van der Waals surface area contributed by atoms with Crippen molar-refractivity contribution in [1.29, 1.82) is 0 Å². The monoisotopic (exact) mass is 272 g/mol. The highest BCUT2D eigenvalue weighted by Gasteiger charge is 2.15. The first-order chi connectivity index (χ1) is 9.56. The lowest BCUT2D eigenvalue weighted by atomic mass is 10.0. The van der Waals surface area contributed by atoms with Crippen LogP contribution < -0.4 is 5.32 Å². The summed E-state index contributed by atoms with van der Waals surface area (Å²) in [4.78, 5) is 16.1. The molecule has 1 unspecified atom stereocenters. The van der Waals surface area contributed by atoms with Crippen LogP contribution >= 0.6 is 0 Å². The third-order valence-corrected chi connectivity index (χ3v) is 3.05. The number of aromatic nitrogens is 3. The zero-order valence-electron chi connectivity index (χ0n) is 12.1. The van der Waals surface area contributed by atoms with E-state index < -0.39 is 0 Å². The minimum atomic E-state index is -0.216. The van der Waals surface area contributed by atoms with Crippen molar-refractivity contribution in [2.45, 2.75) is 33.2 Å². The van der Waals surface area contributed by atoms with Gasteiger partial charge in [0.1, 0.15) is 0 Å². The SMILES string of the molecule is CC(C)Cn1cc(NC(=O)C(C)c2ccncc2)cn1. The van der Waals surface area contributed by atoms with Crippen LogP contribution in [0.5, 0.6) is 0 Å². The van der Waals surface area contributed by atoms with Gasteiger partial charge >= 0.3 is 0 Å². The van der Waals surface area contributed by atoms with E-state index in [-0.39, 0.29) is 11.8 Å². The Kier molecular flexibility index (Phi) is 4.50. The molecule has 1 atom stereocenters. The van der Waals surface area contributed by atoms with E-state index in [2.05, 4.69) is 29.2 Å². The molecule has 2 aromatic rings. The molecule has 0 aliphatic rings. The molecule has 0 fully saturated rings. The maximum absolute atomic E-state index is 12.2. The van der Waals surface area contributed by atoms with Gasteiger partial charge in [0.2, 0.25) is 5.91 Å². The molecule has 2 rings (SSSR count). The van der Waals surface area contributed by atoms with Crippen LogP contribution in [0.25, 0.3) is 0 Å². The van der Waals surface area contributed by atoms with Gasteiger partial charge in [-0.3, -0.25) is 14.5 Å². The number of amides is 1. The zero-order chi connectivity index (χ0) is 14.5. The summed E-state index contributed by atoms with van der Waals surface area (Å²) >= 11 is 0. The summed E-state index contributed by atoms with van der Waals surface area (Å²) in [5.74, 6) is 0.265. The molecule has 2 aromatic heterocycles. The van der Waals surface area contributed by atoms with Gasteiger partial charge in [-0.25, -0.2) is 0 Å². The topological polar surface area (TPSA) is 59.8 Å². The van der Waals surface area contributed by atoms with Crippen molar-refractivity contribution in [2.75, 3.05) is 5.32 Å². The highest BCUT2D eigenvalue weighted by Crippen LogP contribution is 2.17. The maximum Gasteiger partial charge on any atom is 0.231 e. The average molecular weight is 272 g/mol. The Balaban J connectivity index is 1.99. The van der Waals surface area contributed by atoms with Gasteiger partial charge in [0.05, 0.1) is 17.8 Å². The fourth-order valence-corrected chi connectivity index (χ4v) is 1.96. The van der Waals surface area contributed by atoms with Crippen molar-refractivity contribution >= 4 is 11.6 Å². The van der Waals surface area contributed by atoms with Gasteiger partial charge in [0.25, 0.3) is 0 Å². The molecule has 1 amide bonds. The van der Waals surface area contributed by atoms with E-state index in [0.29, 0.717) is 5.92 Å². The average Bonchev–Trinajstić information content (AvgIpc) is 2.85. The van der Waals surface area contributed by atoms with Crippen LogP contribution in [0.3, 0.4) is 0 Å². The number of hydrogen-bond donors (Lipinski definition) is 1. The highest BCUT2D eigenvalue weighted by molar-refractivity contribution is 5.95. The van der Waals surface area contributed by atoms with Gasteiger partial charge in [0, 0.05) is 25.1 Å². The van der Waals surface area contributed by atoms with E-state index in [1.54, 1.807) is 18.6 Å². The van der Waals surface area contributed by atoms with Crippen molar-refractivity contribution in [3.05, 3.63) is 42.5 Å². The Morgan fingerprint density at radius 2 is 2.00 bits per heavy atom. The number of pyridine rings is 1. The second-order valence-electron chi connectivity index (χ2n) is 5.34. The summed E-state index contributed by atoms with van der Waals surface area (Å²) in [5, 5.41) is 7.12. The summed E-state index contributed by atoms with van der Waals surface area (Å²) in [6.07, 6.45) is 6.93. The van der Waals surface area contributed by atoms with E-state index in [0.717, 1.165) is 17.8 Å². The van der Waals surface area contributed by atoms with Crippen LogP contribution in [0.1, 0.15) is 32.3 Å². The first-order valence-electron chi connectivity index (χ1n) is 6.79. The second-order valence-corrected chi connectivity index (χ2v) is 5.34. The van der Waals surface area contributed by atoms with Crippen LogP contribution in [0.2, 0.25) is 0 Å². The minimum Gasteiger partial charge on any atom is -0.323 e. The molecule has 20 heavy (non-hydrogen) atoms. The first kappa shape index (κ1) is 14.2. The number of hydrogen-bond acceptors (Lipinski definition) is 3. The fraction of sp³-hybridized carbons (Fsp3) is 0.400. The second kappa shape index (κ2) is 6.32. The lowest BCUT2D eigenvalue weighted by Gasteiger charge is -2.11. The molecular weight excluding hydrogens is 252 g/mol. The highest BCUT2D eigenvalue weighted by atomic mass is 16.1. The smallest absolute Gasteiger partial charge is 0.231 e. The molecular formula is C15H20N4O. The Morgan fingerprint density at radius 1 is 1.30 bits per heavy atom. The van der Waals surface area contributed by atoms with Gasteiger partial charge < -0.3 is 5.32 Å². The number of carbonyl (C=O) groups is 1. The van der Waals surface area contributed by atoms with Crippen LogP contribution in [-0.4, -0.2) is 20.7 Å². The number of carbonyl (C=O) groups excluding carboxylic acids is 1. The Labute approximate surface area is 119 Å². The summed E-state index contributed by atoms with van der Waals surface area (Å²) < 4.78 is 1.84. The predicted molar refractivity (Wildman–Crippen MR) is 78.3 cm³/mol. The molecule has 2 heterocycles. The van der Waals surface area contributed by atoms with E-state index >= 15 is 0 Å². The van der Waals surface area contributed by atoms with Crippen LogP contribution in [0, 0.1) is 5.92 Å². The van der Waals surface area contributed by atoms with Crippen LogP contribution in [0.15, 0.2) is 36.9 Å². The van der Waals surface area contributed by atoms with Gasteiger partial charge in [-0.1, -0.05) is 13.8 Å². The molecule has 0 aliphatic carbocycles. The van der Waals surface area contributed by atoms with Gasteiger partial charge in [-0.15, -0.1) is 0 Å². The molecule has 1 N–H and O–H groups in total. The normalized spacial score (nSPS) is 12.4. The minimum absolute atomic E-state index is 0.0414. The first-order valence-corrected chi connectivity index (χ1v) is 6.79. The quantitative estimate of drug-likeness (QED) is 0.910. The van der Waals surface area contributed by atoms with E-state index in [1.807, 2.05) is 29.9 Å². The third-order valence-electron chi connectivity index (χ3n) is 3.05. The van der Waals surface area contributed by atoms with Gasteiger partial charge in [-0.05, 0) is 30.5 Å². The molecule has 0 radical (unpaired) electrons. The lowest BCUT2D eigenvalue weighted by molar-refractivity contribution is -0.117. The van der Waals surface area contributed by atoms with Crippen LogP contribution in [0.4, 0.5) is 5.69 Å². The molecule has 5 heteroatoms. The number of rotatable bonds is 5. The molecule has 0 bridgehead atoms. The number of nitrogens with one attached hydrogen (secondary N) is 1. The Morgan fingerprint density at radius 3 is 2.65 bits per heavy atom. The third kappa shape index (κ3) is 3.66. The van der Waals surface area contributed by atoms with Crippen molar-refractivity contribution in [1.82, 2.24) is 14.8 Å². The summed E-state index contributed by atoms with van der Waals surface area (Å²) in [5.41, 5.74) is 1.68. The summed E-state index contributed by atoms with van der Waals surface area (Å²) in [6, 6.07) is 3.71. The van der Waals surface area contributed by atoms with E-state index in [9.17, 15) is 4.79 Å². The Bertz CT molecular complexity index is 562. The summed E-state index contributed by atoms with van der Waals surface area (Å²) in [7, 11) is 0. The molecule has 0 saturated heterocycles. The lowest BCUT2D eigenvalue weighted by Crippen LogP contribution is -2.18. The van der Waals surface area contributed by atoms with Crippen molar-refractivity contribution in [3.8, 4) is 0 Å². The van der Waals surface area contributed by atoms with Gasteiger partial charge in [-0.2, -0.15) is 5.10 Å². The van der Waals surface area contributed by atoms with E-state index in [1.165, 1.54) is 0 Å². The molecule has 0 aliphatic heterocycles. The molecule has 106 valence electrons. The standard InChI is InChI=1S/C15H20N4O/c1-11(2)9-19-10-14(8-17-19)18-15(20)12(3)13-4-6-16-7-5-13/h4-8,10-12H,9H2,1-3H3,(H,18,20). The largest absolute Gasteiger partial charge is 0.323 e. The van der Waals surface area contributed by atoms with Crippen molar-refractivity contribution in [3.63, 3.8) is 0 Å². The zero-order valence-corrected chi connectivity index (χ0v) is 12.1. The van der Waals surface area contributed by atoms with Crippen LogP contribution in [-0.2, 0) is 11.3 Å². The number of nitrogens with zero attached hydrogens (tertiary/aromatic N) is 3. The molecule has 5 nitrogen and oxygen atoms in total. The van der Waals surface area contributed by atoms with Crippen molar-refractivity contribution < 1.29 is 4.79 Å². The summed E-state index contributed by atoms with van der Waals surface area (Å²) in [6.45, 7) is 6.98. The number of anilines is 1. The fourth-order valence-electron chi connectivity index (χ4n) is 1.96. The van der Waals surface area contributed by atoms with Crippen molar-refractivity contribution in [2.24, 2.45) is 5.92 Å². The van der Waals surface area contributed by atoms with E-state index in [4.69, 9.17) is 0 Å². The van der Waals surface area contributed by atoms with Gasteiger partial charge in [0.15, 0.2) is 0 Å². The Hall–Kier alpha value is -2.17. The molecule has 0 saturated carbocycles. The maximum atomic E-state index is 12.2. The molecule has 0 aromatic carbocycles. The molecule has 0 spiro atoms. The predicted octanol–water partition coefficient (Wildman–Crippen LogP) is 2.68.